The second-order valence-electron chi connectivity index (χ2n) is 4.04. The predicted molar refractivity (Wildman–Crippen MR) is 64.8 cm³/mol. The smallest absolute Gasteiger partial charge is 0.159 e. The fourth-order valence-corrected chi connectivity index (χ4v) is 1.89. The molecule has 1 aliphatic carbocycles. The van der Waals surface area contributed by atoms with Crippen LogP contribution in [0.15, 0.2) is 10.8 Å². The lowest BCUT2D eigenvalue weighted by atomic mass is 10.1. The summed E-state index contributed by atoms with van der Waals surface area (Å²) in [6.45, 7) is 0.924. The van der Waals surface area contributed by atoms with Crippen LogP contribution in [0.25, 0.3) is 0 Å². The maximum atomic E-state index is 9.19. The van der Waals surface area contributed by atoms with Gasteiger partial charge in [0.1, 0.15) is 16.6 Å². The maximum Gasteiger partial charge on any atom is 0.159 e. The molecule has 6 nitrogen and oxygen atoms in total. The number of aromatic nitrogens is 2. The van der Waals surface area contributed by atoms with E-state index in [0.717, 1.165) is 12.8 Å². The topological polar surface area (TPSA) is 96.1 Å². The lowest BCUT2D eigenvalue weighted by molar-refractivity contribution is 0.219. The largest absolute Gasteiger partial charge is 0.396 e. The van der Waals surface area contributed by atoms with Gasteiger partial charge >= 0.3 is 0 Å². The Hall–Kier alpha value is -0.920. The van der Waals surface area contributed by atoms with Crippen LogP contribution in [-0.2, 0) is 0 Å². The number of hydrazine groups is 1. The van der Waals surface area contributed by atoms with E-state index in [2.05, 4.69) is 36.6 Å². The summed E-state index contributed by atoms with van der Waals surface area (Å²) in [7, 11) is 0. The van der Waals surface area contributed by atoms with Gasteiger partial charge in [-0.2, -0.15) is 0 Å². The first-order valence-corrected chi connectivity index (χ1v) is 5.82. The summed E-state index contributed by atoms with van der Waals surface area (Å²) in [5, 5.41) is 12.4. The SMILES string of the molecule is NNc1ncnc(NCC2(CO)CC2)c1Br. The zero-order chi connectivity index (χ0) is 11.6. The maximum absolute atomic E-state index is 9.19. The Bertz CT molecular complexity index is 382. The standard InChI is InChI=1S/C9H14BrN5O/c10-6-7(13-5-14-8(6)15-11)12-3-9(4-16)1-2-9/h5,16H,1-4,11H2,(H2,12,13,14,15). The highest BCUT2D eigenvalue weighted by Gasteiger charge is 2.41. The van der Waals surface area contributed by atoms with E-state index in [4.69, 9.17) is 5.84 Å². The van der Waals surface area contributed by atoms with Crippen molar-refractivity contribution in [2.24, 2.45) is 11.3 Å². The Morgan fingerprint density at radius 2 is 2.12 bits per heavy atom. The molecule has 1 aliphatic rings. The van der Waals surface area contributed by atoms with E-state index in [9.17, 15) is 5.11 Å². The first-order chi connectivity index (χ1) is 7.71. The summed E-state index contributed by atoms with van der Waals surface area (Å²) in [5.41, 5.74) is 2.52. The van der Waals surface area contributed by atoms with Crippen molar-refractivity contribution in [3.05, 3.63) is 10.8 Å². The van der Waals surface area contributed by atoms with E-state index >= 15 is 0 Å². The van der Waals surface area contributed by atoms with E-state index in [0.29, 0.717) is 22.7 Å². The molecule has 0 spiro atoms. The van der Waals surface area contributed by atoms with Crippen LogP contribution in [0.5, 0.6) is 0 Å². The zero-order valence-electron chi connectivity index (χ0n) is 8.70. The van der Waals surface area contributed by atoms with Crippen LogP contribution in [0.4, 0.5) is 11.6 Å². The highest BCUT2D eigenvalue weighted by Crippen LogP contribution is 2.45. The molecule has 0 saturated heterocycles. The van der Waals surface area contributed by atoms with Crippen LogP contribution in [0.3, 0.4) is 0 Å². The molecule has 1 aromatic heterocycles. The van der Waals surface area contributed by atoms with Gasteiger partial charge in [0.25, 0.3) is 0 Å². The molecule has 0 bridgehead atoms. The van der Waals surface area contributed by atoms with Gasteiger partial charge in [-0.15, -0.1) is 0 Å². The Morgan fingerprint density at radius 3 is 2.69 bits per heavy atom. The van der Waals surface area contributed by atoms with Crippen molar-refractivity contribution in [3.63, 3.8) is 0 Å². The molecule has 7 heteroatoms. The van der Waals surface area contributed by atoms with Crippen LogP contribution in [0, 0.1) is 5.41 Å². The fourth-order valence-electron chi connectivity index (χ4n) is 1.43. The summed E-state index contributed by atoms with van der Waals surface area (Å²) in [6, 6.07) is 0. The normalized spacial score (nSPS) is 16.9. The number of aliphatic hydroxyl groups excluding tert-OH is 1. The van der Waals surface area contributed by atoms with E-state index < -0.39 is 0 Å². The molecule has 0 amide bonds. The van der Waals surface area contributed by atoms with E-state index in [1.54, 1.807) is 0 Å². The van der Waals surface area contributed by atoms with Gasteiger partial charge in [-0.25, -0.2) is 15.8 Å². The summed E-state index contributed by atoms with van der Waals surface area (Å²) in [5.74, 6) is 6.52. The zero-order valence-corrected chi connectivity index (χ0v) is 10.3. The van der Waals surface area contributed by atoms with Gasteiger partial charge < -0.3 is 15.8 Å². The number of hydrogen-bond acceptors (Lipinski definition) is 6. The minimum atomic E-state index is 0.0424. The number of anilines is 2. The van der Waals surface area contributed by atoms with E-state index in [1.165, 1.54) is 6.33 Å². The number of nitrogens with two attached hydrogens (primary N) is 1. The molecular weight excluding hydrogens is 274 g/mol. The second kappa shape index (κ2) is 4.52. The molecule has 0 radical (unpaired) electrons. The number of nitrogen functional groups attached to an aromatic ring is 1. The number of nitrogens with one attached hydrogen (secondary N) is 2. The Labute approximate surface area is 102 Å². The van der Waals surface area contributed by atoms with Crippen molar-refractivity contribution in [1.29, 1.82) is 0 Å². The second-order valence-corrected chi connectivity index (χ2v) is 4.83. The third kappa shape index (κ3) is 2.26. The van der Waals surface area contributed by atoms with Crippen LogP contribution in [0.2, 0.25) is 0 Å². The number of rotatable bonds is 5. The van der Waals surface area contributed by atoms with Crippen molar-refractivity contribution in [1.82, 2.24) is 9.97 Å². The van der Waals surface area contributed by atoms with Crippen LogP contribution >= 0.6 is 15.9 Å². The highest BCUT2D eigenvalue weighted by atomic mass is 79.9. The molecule has 0 aliphatic heterocycles. The average Bonchev–Trinajstić information content (AvgIpc) is 3.08. The molecule has 1 heterocycles. The third-order valence-electron chi connectivity index (χ3n) is 2.85. The van der Waals surface area contributed by atoms with Crippen molar-refractivity contribution in [2.75, 3.05) is 23.9 Å². The van der Waals surface area contributed by atoms with Crippen LogP contribution in [-0.4, -0.2) is 28.2 Å². The van der Waals surface area contributed by atoms with Crippen molar-refractivity contribution in [3.8, 4) is 0 Å². The summed E-state index contributed by atoms with van der Waals surface area (Å²) in [4.78, 5) is 8.06. The highest BCUT2D eigenvalue weighted by molar-refractivity contribution is 9.10. The molecule has 2 rings (SSSR count). The van der Waals surface area contributed by atoms with Gasteiger partial charge in [0, 0.05) is 12.0 Å². The molecule has 5 N–H and O–H groups in total. The molecule has 0 atom stereocenters. The fraction of sp³-hybridized carbons (Fsp3) is 0.556. The monoisotopic (exact) mass is 287 g/mol. The van der Waals surface area contributed by atoms with Crippen molar-refractivity contribution < 1.29 is 5.11 Å². The van der Waals surface area contributed by atoms with E-state index in [-0.39, 0.29) is 12.0 Å². The quantitative estimate of drug-likeness (QED) is 0.471. The first-order valence-electron chi connectivity index (χ1n) is 5.03. The summed E-state index contributed by atoms with van der Waals surface area (Å²) >= 11 is 3.36. The van der Waals surface area contributed by atoms with Crippen molar-refractivity contribution >= 4 is 27.6 Å². The number of aliphatic hydroxyl groups is 1. The Balaban J connectivity index is 2.04. The Morgan fingerprint density at radius 1 is 1.44 bits per heavy atom. The summed E-state index contributed by atoms with van der Waals surface area (Å²) in [6.07, 6.45) is 3.54. The average molecular weight is 288 g/mol. The Kier molecular flexibility index (Phi) is 3.27. The van der Waals surface area contributed by atoms with Crippen molar-refractivity contribution in [2.45, 2.75) is 12.8 Å². The van der Waals surface area contributed by atoms with Gasteiger partial charge in [0.2, 0.25) is 0 Å². The molecule has 16 heavy (non-hydrogen) atoms. The van der Waals surface area contributed by atoms with E-state index in [1.807, 2.05) is 0 Å². The van der Waals surface area contributed by atoms with Crippen LogP contribution < -0.4 is 16.6 Å². The molecular formula is C9H14BrN5O. The predicted octanol–water partition coefficient (Wildman–Crippen LogP) is 0.709. The van der Waals surface area contributed by atoms with Gasteiger partial charge in [0.05, 0.1) is 6.61 Å². The molecule has 1 saturated carbocycles. The van der Waals surface area contributed by atoms with Gasteiger partial charge in [-0.05, 0) is 28.8 Å². The van der Waals surface area contributed by atoms with Gasteiger partial charge in [-0.3, -0.25) is 0 Å². The number of nitrogens with zero attached hydrogens (tertiary/aromatic N) is 2. The molecule has 1 fully saturated rings. The van der Waals surface area contributed by atoms with Gasteiger partial charge in [-0.1, -0.05) is 0 Å². The molecule has 1 aromatic rings. The minimum Gasteiger partial charge on any atom is -0.396 e. The molecule has 0 aromatic carbocycles. The third-order valence-corrected chi connectivity index (χ3v) is 3.60. The number of hydrogen-bond donors (Lipinski definition) is 4. The first kappa shape index (κ1) is 11.6. The molecule has 88 valence electrons. The minimum absolute atomic E-state index is 0.0424. The lowest BCUT2D eigenvalue weighted by Crippen LogP contribution is -2.20. The van der Waals surface area contributed by atoms with Gasteiger partial charge in [0.15, 0.2) is 5.82 Å². The van der Waals surface area contributed by atoms with Crippen LogP contribution in [0.1, 0.15) is 12.8 Å². The lowest BCUT2D eigenvalue weighted by Gasteiger charge is -2.14. The summed E-state index contributed by atoms with van der Waals surface area (Å²) < 4.78 is 0.700. The number of halogens is 1. The molecule has 0 unspecified atom stereocenters.